The van der Waals surface area contributed by atoms with Gasteiger partial charge in [0.15, 0.2) is 0 Å². The molecule has 2 aromatic heterocycles. The Balaban J connectivity index is 1.58. The van der Waals surface area contributed by atoms with Crippen molar-refractivity contribution in [2.75, 3.05) is 31.1 Å². The van der Waals surface area contributed by atoms with Crippen LogP contribution in [0.3, 0.4) is 0 Å². The Hall–Kier alpha value is -2.57. The van der Waals surface area contributed by atoms with Crippen LogP contribution < -0.4 is 10.2 Å². The molecule has 0 aliphatic carbocycles. The number of aromatic nitrogens is 3. The number of urea groups is 1. The van der Waals surface area contributed by atoms with Crippen molar-refractivity contribution in [1.82, 2.24) is 25.0 Å². The fourth-order valence-electron chi connectivity index (χ4n) is 3.70. The normalized spacial score (nSPS) is 15.8. The lowest BCUT2D eigenvalue weighted by Gasteiger charge is -2.36. The van der Waals surface area contributed by atoms with Gasteiger partial charge in [-0.2, -0.15) is 5.10 Å². The number of pyridine rings is 1. The Morgan fingerprint density at radius 1 is 1.27 bits per heavy atom. The zero-order valence-electron chi connectivity index (χ0n) is 16.1. The lowest BCUT2D eigenvalue weighted by atomic mass is 10.1. The maximum Gasteiger partial charge on any atom is 0.317 e. The summed E-state index contributed by atoms with van der Waals surface area (Å²) in [6.07, 6.45) is 3.65. The van der Waals surface area contributed by atoms with Gasteiger partial charge in [-0.3, -0.25) is 9.67 Å². The van der Waals surface area contributed by atoms with Gasteiger partial charge < -0.3 is 15.1 Å². The summed E-state index contributed by atoms with van der Waals surface area (Å²) in [6, 6.07) is 3.93. The van der Waals surface area contributed by atoms with E-state index in [0.29, 0.717) is 13.1 Å². The van der Waals surface area contributed by atoms with Crippen LogP contribution in [-0.2, 0) is 6.54 Å². The Labute approximate surface area is 155 Å². The number of nitrogens with one attached hydrogen (secondary N) is 1. The van der Waals surface area contributed by atoms with E-state index in [4.69, 9.17) is 0 Å². The van der Waals surface area contributed by atoms with Crippen LogP contribution in [0.1, 0.15) is 36.8 Å². The van der Waals surface area contributed by atoms with Crippen LogP contribution >= 0.6 is 0 Å². The highest BCUT2D eigenvalue weighted by atomic mass is 16.2. The minimum absolute atomic E-state index is 0.00798. The molecule has 1 aliphatic heterocycles. The summed E-state index contributed by atoms with van der Waals surface area (Å²) in [5.41, 5.74) is 4.34. The third kappa shape index (κ3) is 3.66. The van der Waals surface area contributed by atoms with Gasteiger partial charge >= 0.3 is 6.03 Å². The van der Waals surface area contributed by atoms with E-state index in [1.807, 2.05) is 35.7 Å². The average molecular weight is 356 g/mol. The summed E-state index contributed by atoms with van der Waals surface area (Å²) < 4.78 is 1.99. The second kappa shape index (κ2) is 7.76. The summed E-state index contributed by atoms with van der Waals surface area (Å²) in [4.78, 5) is 21.0. The fraction of sp³-hybridized carbons (Fsp3) is 0.526. The lowest BCUT2D eigenvalue weighted by molar-refractivity contribution is 0.191. The van der Waals surface area contributed by atoms with Crippen molar-refractivity contribution in [3.05, 3.63) is 41.5 Å². The van der Waals surface area contributed by atoms with Crippen molar-refractivity contribution in [3.63, 3.8) is 0 Å². The zero-order valence-corrected chi connectivity index (χ0v) is 16.1. The Kier molecular flexibility index (Phi) is 5.44. The molecule has 26 heavy (non-hydrogen) atoms. The molecule has 0 bridgehead atoms. The number of rotatable bonds is 4. The van der Waals surface area contributed by atoms with Crippen LogP contribution in [0.2, 0.25) is 0 Å². The molecule has 1 atom stereocenters. The summed E-state index contributed by atoms with van der Waals surface area (Å²) in [6.45, 7) is 12.1. The molecule has 0 saturated carbocycles. The van der Waals surface area contributed by atoms with Crippen molar-refractivity contribution in [3.8, 4) is 0 Å². The summed E-state index contributed by atoms with van der Waals surface area (Å²) in [7, 11) is 0. The molecule has 140 valence electrons. The van der Waals surface area contributed by atoms with Crippen LogP contribution in [0, 0.1) is 13.8 Å². The molecule has 3 rings (SSSR count). The summed E-state index contributed by atoms with van der Waals surface area (Å²) in [5, 5.41) is 7.69. The number of piperazine rings is 1. The first-order valence-corrected chi connectivity index (χ1v) is 9.25. The SMILES string of the molecule is CCn1nc(C)c([C@@H](C)NC(=O)N2CCN(c3cccnc3)CC2)c1C. The Bertz CT molecular complexity index is 749. The number of hydrogen-bond donors (Lipinski definition) is 1. The predicted octanol–water partition coefficient (Wildman–Crippen LogP) is 2.51. The molecule has 2 aromatic rings. The predicted molar refractivity (Wildman–Crippen MR) is 102 cm³/mol. The first-order valence-electron chi connectivity index (χ1n) is 9.25. The van der Waals surface area contributed by atoms with Crippen molar-refractivity contribution in [1.29, 1.82) is 0 Å². The number of nitrogens with zero attached hydrogens (tertiary/aromatic N) is 5. The molecule has 0 radical (unpaired) electrons. The first kappa shape index (κ1) is 18.2. The zero-order chi connectivity index (χ0) is 18.7. The van der Waals surface area contributed by atoms with Crippen LogP contribution in [-0.4, -0.2) is 51.9 Å². The highest BCUT2D eigenvalue weighted by Crippen LogP contribution is 2.22. The van der Waals surface area contributed by atoms with Crippen molar-refractivity contribution in [2.24, 2.45) is 0 Å². The van der Waals surface area contributed by atoms with Gasteiger partial charge in [-0.1, -0.05) is 0 Å². The molecule has 0 unspecified atom stereocenters. The number of hydrogen-bond acceptors (Lipinski definition) is 4. The second-order valence-corrected chi connectivity index (χ2v) is 6.76. The number of aryl methyl sites for hydroxylation is 2. The van der Waals surface area contributed by atoms with Gasteiger partial charge in [0.05, 0.1) is 23.6 Å². The Morgan fingerprint density at radius 3 is 2.58 bits per heavy atom. The van der Waals surface area contributed by atoms with Gasteiger partial charge in [-0.15, -0.1) is 0 Å². The van der Waals surface area contributed by atoms with Gasteiger partial charge in [-0.25, -0.2) is 4.79 Å². The third-order valence-corrected chi connectivity index (χ3v) is 5.09. The standard InChI is InChI=1S/C19H28N6O/c1-5-25-16(4)18(15(3)22-25)14(2)21-19(26)24-11-9-23(10-12-24)17-7-6-8-20-13-17/h6-8,13-14H,5,9-12H2,1-4H3,(H,21,26)/t14-/m1/s1. The van der Waals surface area contributed by atoms with Crippen molar-refractivity contribution >= 4 is 11.7 Å². The molecule has 2 amide bonds. The largest absolute Gasteiger partial charge is 0.367 e. The quantitative estimate of drug-likeness (QED) is 0.914. The molecule has 1 fully saturated rings. The number of carbonyl (C=O) groups is 1. The second-order valence-electron chi connectivity index (χ2n) is 6.76. The van der Waals surface area contributed by atoms with E-state index in [2.05, 4.69) is 40.2 Å². The molecule has 1 saturated heterocycles. The van der Waals surface area contributed by atoms with E-state index in [9.17, 15) is 4.79 Å². The van der Waals surface area contributed by atoms with E-state index >= 15 is 0 Å². The molecule has 1 aliphatic rings. The molecular weight excluding hydrogens is 328 g/mol. The molecule has 0 spiro atoms. The first-order chi connectivity index (χ1) is 12.5. The van der Waals surface area contributed by atoms with Crippen LogP contribution in [0.4, 0.5) is 10.5 Å². The van der Waals surface area contributed by atoms with E-state index < -0.39 is 0 Å². The van der Waals surface area contributed by atoms with Gasteiger partial charge in [0.25, 0.3) is 0 Å². The minimum Gasteiger partial charge on any atom is -0.367 e. The number of anilines is 1. The van der Waals surface area contributed by atoms with Crippen LogP contribution in [0.5, 0.6) is 0 Å². The molecule has 0 aromatic carbocycles. The van der Waals surface area contributed by atoms with Crippen LogP contribution in [0.25, 0.3) is 0 Å². The van der Waals surface area contributed by atoms with E-state index in [1.54, 1.807) is 6.20 Å². The van der Waals surface area contributed by atoms with E-state index in [1.165, 1.54) is 0 Å². The topological polar surface area (TPSA) is 66.3 Å². The van der Waals surface area contributed by atoms with Gasteiger partial charge in [0.1, 0.15) is 0 Å². The van der Waals surface area contributed by atoms with E-state index in [0.717, 1.165) is 42.3 Å². The molecule has 7 heteroatoms. The Morgan fingerprint density at radius 2 is 2.00 bits per heavy atom. The highest BCUT2D eigenvalue weighted by molar-refractivity contribution is 5.75. The number of carbonyl (C=O) groups excluding carboxylic acids is 1. The average Bonchev–Trinajstić information content (AvgIpc) is 2.96. The monoisotopic (exact) mass is 356 g/mol. The van der Waals surface area contributed by atoms with Crippen molar-refractivity contribution in [2.45, 2.75) is 40.3 Å². The van der Waals surface area contributed by atoms with Gasteiger partial charge in [-0.05, 0) is 39.8 Å². The highest BCUT2D eigenvalue weighted by Gasteiger charge is 2.24. The molecule has 3 heterocycles. The van der Waals surface area contributed by atoms with Crippen LogP contribution in [0.15, 0.2) is 24.5 Å². The number of amides is 2. The smallest absolute Gasteiger partial charge is 0.317 e. The fourth-order valence-corrected chi connectivity index (χ4v) is 3.70. The maximum atomic E-state index is 12.7. The minimum atomic E-state index is -0.0563. The van der Waals surface area contributed by atoms with Crippen molar-refractivity contribution < 1.29 is 4.79 Å². The molecule has 7 nitrogen and oxygen atoms in total. The molecular formula is C19H28N6O. The molecule has 1 N–H and O–H groups in total. The maximum absolute atomic E-state index is 12.7. The van der Waals surface area contributed by atoms with Gasteiger partial charge in [0.2, 0.25) is 0 Å². The third-order valence-electron chi connectivity index (χ3n) is 5.09. The van der Waals surface area contributed by atoms with E-state index in [-0.39, 0.29) is 12.1 Å². The summed E-state index contributed by atoms with van der Waals surface area (Å²) >= 11 is 0. The van der Waals surface area contributed by atoms with Gasteiger partial charge in [0, 0.05) is 50.2 Å². The lowest BCUT2D eigenvalue weighted by Crippen LogP contribution is -2.52. The summed E-state index contributed by atoms with van der Waals surface area (Å²) in [5.74, 6) is 0.